The summed E-state index contributed by atoms with van der Waals surface area (Å²) in [5.74, 6) is 2.00. The van der Waals surface area contributed by atoms with E-state index in [9.17, 15) is 4.79 Å². The van der Waals surface area contributed by atoms with E-state index in [2.05, 4.69) is 30.9 Å². The highest BCUT2D eigenvalue weighted by Gasteiger charge is 2.13. The molecule has 0 atom stereocenters. The summed E-state index contributed by atoms with van der Waals surface area (Å²) in [6.45, 7) is 1.88. The normalized spacial score (nSPS) is 10.4. The van der Waals surface area contributed by atoms with Crippen LogP contribution in [0.3, 0.4) is 0 Å². The number of aromatic nitrogens is 3. The summed E-state index contributed by atoms with van der Waals surface area (Å²) < 4.78 is 11.4. The van der Waals surface area contributed by atoms with Crippen LogP contribution >= 0.6 is 11.6 Å². The fraction of sp³-hybridized carbons (Fsp3) is 0.120. The molecule has 35 heavy (non-hydrogen) atoms. The molecule has 10 heteroatoms. The Kier molecular flexibility index (Phi) is 7.27. The SMILES string of the molecule is CNc1nccc(-c2cccnc2Oc2ccc(NC(=O)Nc3cc(Cl)ccc3OC)cc2C)n1. The third-order valence-corrected chi connectivity index (χ3v) is 5.21. The van der Waals surface area contributed by atoms with Crippen molar-refractivity contribution in [2.45, 2.75) is 6.92 Å². The predicted octanol–water partition coefficient (Wildman–Crippen LogP) is 5.99. The number of halogens is 1. The van der Waals surface area contributed by atoms with Gasteiger partial charge in [0.25, 0.3) is 0 Å². The minimum atomic E-state index is -0.435. The zero-order chi connectivity index (χ0) is 24.8. The van der Waals surface area contributed by atoms with E-state index >= 15 is 0 Å². The number of pyridine rings is 1. The molecule has 0 spiro atoms. The highest BCUT2D eigenvalue weighted by atomic mass is 35.5. The number of benzene rings is 2. The molecule has 0 bridgehead atoms. The average molecular weight is 491 g/mol. The maximum atomic E-state index is 12.5. The fourth-order valence-electron chi connectivity index (χ4n) is 3.30. The Morgan fingerprint density at radius 2 is 1.80 bits per heavy atom. The van der Waals surface area contributed by atoms with Crippen LogP contribution in [0.5, 0.6) is 17.4 Å². The molecule has 3 N–H and O–H groups in total. The van der Waals surface area contributed by atoms with Gasteiger partial charge in [-0.25, -0.2) is 19.7 Å². The molecule has 0 aliphatic heterocycles. The second-order valence-electron chi connectivity index (χ2n) is 7.38. The van der Waals surface area contributed by atoms with Crippen LogP contribution in [0, 0.1) is 6.92 Å². The molecule has 0 aliphatic rings. The topological polar surface area (TPSA) is 110 Å². The van der Waals surface area contributed by atoms with Gasteiger partial charge in [-0.1, -0.05) is 11.6 Å². The van der Waals surface area contributed by atoms with Crippen molar-refractivity contribution in [3.05, 3.63) is 77.6 Å². The van der Waals surface area contributed by atoms with Gasteiger partial charge >= 0.3 is 6.03 Å². The summed E-state index contributed by atoms with van der Waals surface area (Å²) in [5.41, 5.74) is 3.25. The lowest BCUT2D eigenvalue weighted by molar-refractivity contribution is 0.262. The van der Waals surface area contributed by atoms with Crippen LogP contribution in [0.15, 0.2) is 67.0 Å². The van der Waals surface area contributed by atoms with Crippen LogP contribution in [0.4, 0.5) is 22.1 Å². The summed E-state index contributed by atoms with van der Waals surface area (Å²) in [7, 11) is 3.27. The van der Waals surface area contributed by atoms with Gasteiger partial charge in [0.15, 0.2) is 0 Å². The molecule has 0 saturated heterocycles. The minimum Gasteiger partial charge on any atom is -0.495 e. The number of carbonyl (C=O) groups is 1. The molecule has 2 heterocycles. The number of carbonyl (C=O) groups excluding carboxylic acids is 1. The monoisotopic (exact) mass is 490 g/mol. The first-order valence-corrected chi connectivity index (χ1v) is 11.0. The second kappa shape index (κ2) is 10.7. The summed E-state index contributed by atoms with van der Waals surface area (Å²) in [5, 5.41) is 8.95. The number of nitrogens with zero attached hydrogens (tertiary/aromatic N) is 3. The molecule has 4 rings (SSSR count). The molecular weight excluding hydrogens is 468 g/mol. The smallest absolute Gasteiger partial charge is 0.323 e. The van der Waals surface area contributed by atoms with Crippen LogP contribution < -0.4 is 25.4 Å². The molecule has 0 unspecified atom stereocenters. The Balaban J connectivity index is 1.50. The van der Waals surface area contributed by atoms with Gasteiger partial charge in [-0.05, 0) is 67.1 Å². The number of nitrogens with one attached hydrogen (secondary N) is 3. The standard InChI is InChI=1S/C25H23ClN6O3/c1-15-13-17(30-25(33)32-20-14-16(26)6-8-22(20)34-3)7-9-21(15)35-23-18(5-4-11-28-23)19-10-12-29-24(27-2)31-19/h4-14H,1-3H3,(H,27,29,31)(H2,30,32,33). The van der Waals surface area contributed by atoms with Crippen molar-refractivity contribution < 1.29 is 14.3 Å². The first-order chi connectivity index (χ1) is 17.0. The molecule has 0 radical (unpaired) electrons. The molecule has 0 saturated carbocycles. The summed E-state index contributed by atoms with van der Waals surface area (Å²) in [4.78, 5) is 25.5. The first kappa shape index (κ1) is 23.8. The third kappa shape index (κ3) is 5.77. The number of urea groups is 1. The number of amides is 2. The third-order valence-electron chi connectivity index (χ3n) is 4.98. The number of anilines is 3. The van der Waals surface area contributed by atoms with Crippen molar-refractivity contribution in [2.24, 2.45) is 0 Å². The molecule has 2 aromatic heterocycles. The summed E-state index contributed by atoms with van der Waals surface area (Å²) >= 11 is 6.03. The van der Waals surface area contributed by atoms with Crippen molar-refractivity contribution in [1.29, 1.82) is 0 Å². The fourth-order valence-corrected chi connectivity index (χ4v) is 3.48. The Morgan fingerprint density at radius 3 is 2.57 bits per heavy atom. The first-order valence-electron chi connectivity index (χ1n) is 10.6. The van der Waals surface area contributed by atoms with Crippen LogP contribution in [0.25, 0.3) is 11.3 Å². The lowest BCUT2D eigenvalue weighted by atomic mass is 10.2. The number of ether oxygens (including phenoxy) is 2. The molecule has 0 fully saturated rings. The van der Waals surface area contributed by atoms with Crippen molar-refractivity contribution in [3.63, 3.8) is 0 Å². The highest BCUT2D eigenvalue weighted by molar-refractivity contribution is 6.31. The van der Waals surface area contributed by atoms with E-state index in [1.807, 2.05) is 19.1 Å². The maximum Gasteiger partial charge on any atom is 0.323 e. The molecular formula is C25H23ClN6O3. The quantitative estimate of drug-likeness (QED) is 0.292. The molecule has 0 aliphatic carbocycles. The second-order valence-corrected chi connectivity index (χ2v) is 7.81. The van der Waals surface area contributed by atoms with Gasteiger partial charge in [-0.3, -0.25) is 0 Å². The number of methoxy groups -OCH3 is 1. The Labute approximate surface area is 207 Å². The van der Waals surface area contributed by atoms with Crippen molar-refractivity contribution in [1.82, 2.24) is 15.0 Å². The van der Waals surface area contributed by atoms with E-state index in [0.29, 0.717) is 45.4 Å². The van der Waals surface area contributed by atoms with Gasteiger partial charge in [-0.15, -0.1) is 0 Å². The van der Waals surface area contributed by atoms with E-state index in [4.69, 9.17) is 21.1 Å². The van der Waals surface area contributed by atoms with Gasteiger partial charge in [0, 0.05) is 30.2 Å². The van der Waals surface area contributed by atoms with E-state index in [1.54, 1.807) is 61.9 Å². The molecule has 178 valence electrons. The maximum absolute atomic E-state index is 12.5. The number of rotatable bonds is 7. The van der Waals surface area contributed by atoms with Crippen molar-refractivity contribution >= 4 is 35.0 Å². The van der Waals surface area contributed by atoms with Gasteiger partial charge < -0.3 is 25.4 Å². The molecule has 2 amide bonds. The largest absolute Gasteiger partial charge is 0.495 e. The minimum absolute atomic E-state index is 0.405. The Bertz CT molecular complexity index is 1360. The lowest BCUT2D eigenvalue weighted by Crippen LogP contribution is -2.19. The number of hydrogen-bond acceptors (Lipinski definition) is 7. The highest BCUT2D eigenvalue weighted by Crippen LogP contribution is 2.33. The van der Waals surface area contributed by atoms with Crippen LogP contribution in [0.2, 0.25) is 5.02 Å². The van der Waals surface area contributed by atoms with Crippen molar-refractivity contribution in [2.75, 3.05) is 30.1 Å². The zero-order valence-electron chi connectivity index (χ0n) is 19.3. The average Bonchev–Trinajstić information content (AvgIpc) is 2.86. The van der Waals surface area contributed by atoms with Gasteiger partial charge in [0.1, 0.15) is 11.5 Å². The Morgan fingerprint density at radius 1 is 0.971 bits per heavy atom. The van der Waals surface area contributed by atoms with Gasteiger partial charge in [0.05, 0.1) is 24.1 Å². The molecule has 9 nitrogen and oxygen atoms in total. The van der Waals surface area contributed by atoms with Gasteiger partial charge in [-0.2, -0.15) is 0 Å². The van der Waals surface area contributed by atoms with E-state index in [-0.39, 0.29) is 0 Å². The van der Waals surface area contributed by atoms with E-state index < -0.39 is 6.03 Å². The molecule has 4 aromatic rings. The van der Waals surface area contributed by atoms with E-state index in [1.165, 1.54) is 7.11 Å². The summed E-state index contributed by atoms with van der Waals surface area (Å²) in [6, 6.07) is 15.3. The molecule has 2 aromatic carbocycles. The Hall–Kier alpha value is -4.37. The van der Waals surface area contributed by atoms with Crippen molar-refractivity contribution in [3.8, 4) is 28.6 Å². The summed E-state index contributed by atoms with van der Waals surface area (Å²) in [6.07, 6.45) is 3.32. The van der Waals surface area contributed by atoms with E-state index in [0.717, 1.165) is 11.1 Å². The number of aryl methyl sites for hydroxylation is 1. The van der Waals surface area contributed by atoms with Crippen LogP contribution in [-0.2, 0) is 0 Å². The predicted molar refractivity (Wildman–Crippen MR) is 137 cm³/mol. The lowest BCUT2D eigenvalue weighted by Gasteiger charge is -2.14. The number of hydrogen-bond donors (Lipinski definition) is 3. The van der Waals surface area contributed by atoms with Gasteiger partial charge in [0.2, 0.25) is 11.8 Å². The van der Waals surface area contributed by atoms with Crippen LogP contribution in [-0.4, -0.2) is 35.1 Å². The zero-order valence-corrected chi connectivity index (χ0v) is 20.1. The van der Waals surface area contributed by atoms with Crippen LogP contribution in [0.1, 0.15) is 5.56 Å².